The van der Waals surface area contributed by atoms with Crippen molar-refractivity contribution in [2.45, 2.75) is 23.3 Å². The molecular weight excluding hydrogens is 248 g/mol. The lowest BCUT2D eigenvalue weighted by Crippen LogP contribution is -2.45. The maximum atomic E-state index is 10.9. The Kier molecular flexibility index (Phi) is 5.61. The van der Waals surface area contributed by atoms with Crippen LogP contribution in [0.25, 0.3) is 0 Å². The van der Waals surface area contributed by atoms with Gasteiger partial charge in [0, 0.05) is 0 Å². The van der Waals surface area contributed by atoms with Crippen LogP contribution in [0.1, 0.15) is 0 Å². The first-order valence-corrected chi connectivity index (χ1v) is 4.34. The van der Waals surface area contributed by atoms with Gasteiger partial charge in [-0.15, -0.1) is 0 Å². The predicted octanol–water partition coefficient (Wildman–Crippen LogP) is -2.66. The molecule has 78 valence electrons. The van der Waals surface area contributed by atoms with Crippen LogP contribution in [-0.2, 0) is 4.79 Å². The first-order valence-electron chi connectivity index (χ1n) is 3.42. The van der Waals surface area contributed by atoms with Crippen LogP contribution in [0.5, 0.6) is 0 Å². The normalized spacial score (nSPS) is 20.5. The molecule has 4 atom stereocenters. The van der Waals surface area contributed by atoms with Gasteiger partial charge in [-0.2, -0.15) is 0 Å². The van der Waals surface area contributed by atoms with E-state index >= 15 is 0 Å². The maximum absolute atomic E-state index is 10.9. The maximum Gasteiger partial charge on any atom is 0.195 e. The second-order valence-corrected chi connectivity index (χ2v) is 3.35. The summed E-state index contributed by atoms with van der Waals surface area (Å²) in [5.41, 5.74) is 0. The number of aliphatic hydroxyl groups is 5. The van der Waals surface area contributed by atoms with Crippen molar-refractivity contribution in [3.63, 3.8) is 0 Å². The molecule has 0 fully saturated rings. The highest BCUT2D eigenvalue weighted by molar-refractivity contribution is 9.09. The van der Waals surface area contributed by atoms with E-state index in [0.717, 1.165) is 0 Å². The molecule has 0 heterocycles. The van der Waals surface area contributed by atoms with Crippen molar-refractivity contribution in [1.82, 2.24) is 0 Å². The Labute approximate surface area is 82.6 Å². The first kappa shape index (κ1) is 12.9. The number of Topliss-reactive ketones (excluding diaryl/α,β-unsaturated/α-hetero) is 1. The van der Waals surface area contributed by atoms with Crippen LogP contribution in [0.4, 0.5) is 0 Å². The molecule has 1 unspecified atom stereocenters. The van der Waals surface area contributed by atoms with Crippen molar-refractivity contribution >= 4 is 21.7 Å². The van der Waals surface area contributed by atoms with E-state index in [2.05, 4.69) is 15.9 Å². The van der Waals surface area contributed by atoms with Crippen molar-refractivity contribution in [3.05, 3.63) is 0 Å². The first-order chi connectivity index (χ1) is 5.91. The minimum absolute atomic E-state index is 0.808. The molecule has 0 aromatic heterocycles. The molecule has 0 saturated carbocycles. The number of rotatable bonds is 5. The molecule has 6 nitrogen and oxygen atoms in total. The Balaban J connectivity index is 4.25. The Hall–Kier alpha value is -0.0500. The molecule has 13 heavy (non-hydrogen) atoms. The molecule has 0 aromatic rings. The van der Waals surface area contributed by atoms with E-state index in [1.54, 1.807) is 0 Å². The summed E-state index contributed by atoms with van der Waals surface area (Å²) in [6, 6.07) is 0. The van der Waals surface area contributed by atoms with Crippen molar-refractivity contribution in [1.29, 1.82) is 0 Å². The Bertz CT molecular complexity index is 173. The highest BCUT2D eigenvalue weighted by Gasteiger charge is 2.32. The van der Waals surface area contributed by atoms with E-state index in [-0.39, 0.29) is 0 Å². The van der Waals surface area contributed by atoms with Gasteiger partial charge in [0.05, 0.1) is 6.61 Å². The second kappa shape index (κ2) is 5.63. The highest BCUT2D eigenvalue weighted by Crippen LogP contribution is 2.07. The van der Waals surface area contributed by atoms with E-state index in [4.69, 9.17) is 25.5 Å². The van der Waals surface area contributed by atoms with Crippen molar-refractivity contribution in [2.75, 3.05) is 6.61 Å². The van der Waals surface area contributed by atoms with Gasteiger partial charge in [-0.25, -0.2) is 0 Å². The summed E-state index contributed by atoms with van der Waals surface area (Å²) in [7, 11) is 0. The van der Waals surface area contributed by atoms with Crippen LogP contribution >= 0.6 is 15.9 Å². The summed E-state index contributed by atoms with van der Waals surface area (Å²) >= 11 is 2.51. The Morgan fingerprint density at radius 3 is 1.92 bits per heavy atom. The van der Waals surface area contributed by atoms with Crippen molar-refractivity contribution < 1.29 is 30.3 Å². The SMILES string of the molecule is O=C([C@@H](O)C(O)Br)[C@@H](O)[C@H](O)CO. The van der Waals surface area contributed by atoms with Gasteiger partial charge in [0.15, 0.2) is 11.9 Å². The molecule has 0 bridgehead atoms. The summed E-state index contributed by atoms with van der Waals surface area (Å²) in [6.45, 7) is -0.808. The lowest BCUT2D eigenvalue weighted by molar-refractivity contribution is -0.145. The second-order valence-electron chi connectivity index (χ2n) is 2.41. The van der Waals surface area contributed by atoms with E-state index in [9.17, 15) is 4.79 Å². The fourth-order valence-corrected chi connectivity index (χ4v) is 0.860. The fraction of sp³-hybridized carbons (Fsp3) is 0.833. The minimum atomic E-state index is -1.91. The third-order valence-corrected chi connectivity index (χ3v) is 1.90. The number of carbonyl (C=O) groups is 1. The third-order valence-electron chi connectivity index (χ3n) is 1.40. The summed E-state index contributed by atoms with van der Waals surface area (Å²) in [5.74, 6) is -1.16. The summed E-state index contributed by atoms with van der Waals surface area (Å²) in [6.07, 6.45) is -5.41. The van der Waals surface area contributed by atoms with Gasteiger partial charge in [-0.1, -0.05) is 15.9 Å². The fourth-order valence-electron chi connectivity index (χ4n) is 0.600. The zero-order chi connectivity index (χ0) is 10.6. The van der Waals surface area contributed by atoms with E-state index in [1.807, 2.05) is 0 Å². The third kappa shape index (κ3) is 3.67. The number of halogens is 1. The van der Waals surface area contributed by atoms with Gasteiger partial charge in [-0.3, -0.25) is 4.79 Å². The molecule has 0 amide bonds. The zero-order valence-electron chi connectivity index (χ0n) is 6.54. The van der Waals surface area contributed by atoms with Crippen LogP contribution in [-0.4, -0.2) is 61.2 Å². The molecular formula is C6H11BrO6. The average Bonchev–Trinajstić information content (AvgIpc) is 2.12. The molecule has 5 N–H and O–H groups in total. The van der Waals surface area contributed by atoms with E-state index in [1.165, 1.54) is 0 Å². The molecule has 0 aliphatic carbocycles. The van der Waals surface area contributed by atoms with Crippen molar-refractivity contribution in [2.24, 2.45) is 0 Å². The number of alkyl halides is 1. The minimum Gasteiger partial charge on any atom is -0.394 e. The summed E-state index contributed by atoms with van der Waals surface area (Å²) in [4.78, 5) is 10.9. The van der Waals surface area contributed by atoms with E-state index in [0.29, 0.717) is 0 Å². The number of carbonyl (C=O) groups excluding carboxylic acids is 1. The summed E-state index contributed by atoms with van der Waals surface area (Å²) < 4.78 is 0. The number of hydrogen-bond donors (Lipinski definition) is 5. The van der Waals surface area contributed by atoms with Crippen LogP contribution in [0.15, 0.2) is 0 Å². The molecule has 0 aliphatic heterocycles. The lowest BCUT2D eigenvalue weighted by atomic mass is 10.1. The van der Waals surface area contributed by atoms with Gasteiger partial charge >= 0.3 is 0 Å². The van der Waals surface area contributed by atoms with Gasteiger partial charge in [0.2, 0.25) is 0 Å². The topological polar surface area (TPSA) is 118 Å². The zero-order valence-corrected chi connectivity index (χ0v) is 8.12. The van der Waals surface area contributed by atoms with Crippen LogP contribution < -0.4 is 0 Å². The van der Waals surface area contributed by atoms with Gasteiger partial charge in [0.25, 0.3) is 0 Å². The molecule has 7 heteroatoms. The van der Waals surface area contributed by atoms with Gasteiger partial charge in [0.1, 0.15) is 17.2 Å². The molecule has 0 radical (unpaired) electrons. The van der Waals surface area contributed by atoms with Gasteiger partial charge < -0.3 is 25.5 Å². The van der Waals surface area contributed by atoms with Crippen molar-refractivity contribution in [3.8, 4) is 0 Å². The molecule has 0 aromatic carbocycles. The molecule has 0 aliphatic rings. The number of aliphatic hydroxyl groups excluding tert-OH is 5. The largest absolute Gasteiger partial charge is 0.394 e. The standard InChI is InChI=1S/C6H11BrO6/c7-6(13)5(12)4(11)3(10)2(9)1-8/h2-3,5-6,8-10,12-13H,1H2/t2-,3+,5-,6?/m1/s1. The lowest BCUT2D eigenvalue weighted by Gasteiger charge is -2.18. The monoisotopic (exact) mass is 258 g/mol. The smallest absolute Gasteiger partial charge is 0.195 e. The van der Waals surface area contributed by atoms with Crippen LogP contribution in [0, 0.1) is 0 Å². The highest BCUT2D eigenvalue weighted by atomic mass is 79.9. The number of hydrogen-bond acceptors (Lipinski definition) is 6. The van der Waals surface area contributed by atoms with Crippen LogP contribution in [0.3, 0.4) is 0 Å². The quantitative estimate of drug-likeness (QED) is 0.344. The Morgan fingerprint density at radius 2 is 1.62 bits per heavy atom. The average molecular weight is 259 g/mol. The molecule has 0 saturated heterocycles. The molecule has 0 spiro atoms. The van der Waals surface area contributed by atoms with E-state index < -0.39 is 35.7 Å². The molecule has 0 rings (SSSR count). The summed E-state index contributed by atoms with van der Waals surface area (Å²) in [5, 5.41) is 42.2. The Morgan fingerprint density at radius 1 is 1.15 bits per heavy atom. The van der Waals surface area contributed by atoms with Crippen LogP contribution in [0.2, 0.25) is 0 Å². The predicted molar refractivity (Wildman–Crippen MR) is 45.0 cm³/mol. The van der Waals surface area contributed by atoms with Gasteiger partial charge in [-0.05, 0) is 0 Å². The number of ketones is 1.